The molecule has 0 saturated carbocycles. The molecule has 10 heteroatoms. The van der Waals surface area contributed by atoms with E-state index in [9.17, 15) is 18.4 Å². The van der Waals surface area contributed by atoms with E-state index in [4.69, 9.17) is 0 Å². The number of aromatic amines is 1. The van der Waals surface area contributed by atoms with Gasteiger partial charge in [-0.2, -0.15) is 0 Å². The van der Waals surface area contributed by atoms with E-state index in [2.05, 4.69) is 31.9 Å². The van der Waals surface area contributed by atoms with Gasteiger partial charge in [0.1, 0.15) is 5.69 Å². The molecular formula is C21H26F2N6O2. The number of nitrogens with one attached hydrogen (secondary N) is 1. The molecule has 2 fully saturated rings. The van der Waals surface area contributed by atoms with Gasteiger partial charge in [0, 0.05) is 64.1 Å². The second kappa shape index (κ2) is 9.42. The van der Waals surface area contributed by atoms with Crippen molar-refractivity contribution in [3.8, 4) is 0 Å². The summed E-state index contributed by atoms with van der Waals surface area (Å²) in [5.41, 5.74) is 0.0619. The van der Waals surface area contributed by atoms with Crippen LogP contribution in [0.25, 0.3) is 0 Å². The van der Waals surface area contributed by atoms with E-state index >= 15 is 0 Å². The topological polar surface area (TPSA) is 75.8 Å². The van der Waals surface area contributed by atoms with E-state index in [0.29, 0.717) is 45.8 Å². The molecule has 1 amide bonds. The lowest BCUT2D eigenvalue weighted by Gasteiger charge is -2.38. The fraction of sp³-hybridized carbons (Fsp3) is 0.476. The van der Waals surface area contributed by atoms with Crippen molar-refractivity contribution in [1.29, 1.82) is 0 Å². The standard InChI is InChI=1S/C21H26F2N6O2/c22-20(23)17-14-18(30)25-21(24-17)29-8-6-26(7-9-29)15-19(31)28-12-10-27(11-13-28)16-4-2-1-3-5-16/h1-5,14,20H,6-13,15H2,(H,24,25,30). The van der Waals surface area contributed by atoms with Crippen LogP contribution in [0.4, 0.5) is 20.4 Å². The Hall–Kier alpha value is -3.01. The highest BCUT2D eigenvalue weighted by atomic mass is 19.3. The van der Waals surface area contributed by atoms with E-state index in [1.54, 1.807) is 4.90 Å². The number of benzene rings is 1. The van der Waals surface area contributed by atoms with E-state index in [1.807, 2.05) is 23.1 Å². The SMILES string of the molecule is O=C(CN1CCN(c2nc(C(F)F)cc(=O)[nH]2)CC1)N1CCN(c2ccccc2)CC1. The molecule has 0 bridgehead atoms. The van der Waals surface area contributed by atoms with Gasteiger partial charge in [0.15, 0.2) is 0 Å². The highest BCUT2D eigenvalue weighted by molar-refractivity contribution is 5.78. The molecule has 8 nitrogen and oxygen atoms in total. The number of amides is 1. The van der Waals surface area contributed by atoms with Crippen LogP contribution < -0.4 is 15.4 Å². The minimum Gasteiger partial charge on any atom is -0.368 e. The Morgan fingerprint density at radius 1 is 0.968 bits per heavy atom. The molecule has 2 aliphatic rings. The lowest BCUT2D eigenvalue weighted by atomic mass is 10.2. The zero-order valence-electron chi connectivity index (χ0n) is 17.2. The predicted molar refractivity (Wildman–Crippen MR) is 114 cm³/mol. The van der Waals surface area contributed by atoms with Gasteiger partial charge in [0.05, 0.1) is 6.54 Å². The first-order valence-electron chi connectivity index (χ1n) is 10.4. The van der Waals surface area contributed by atoms with Crippen molar-refractivity contribution in [3.63, 3.8) is 0 Å². The summed E-state index contributed by atoms with van der Waals surface area (Å²) in [6.07, 6.45) is -2.79. The summed E-state index contributed by atoms with van der Waals surface area (Å²) in [6, 6.07) is 11.0. The Labute approximate surface area is 179 Å². The molecule has 1 N–H and O–H groups in total. The summed E-state index contributed by atoms with van der Waals surface area (Å²) < 4.78 is 25.8. The Morgan fingerprint density at radius 3 is 2.26 bits per heavy atom. The van der Waals surface area contributed by atoms with Gasteiger partial charge >= 0.3 is 0 Å². The van der Waals surface area contributed by atoms with Gasteiger partial charge in [0.25, 0.3) is 12.0 Å². The number of halogens is 2. The molecule has 2 aromatic rings. The number of carbonyl (C=O) groups excluding carboxylic acids is 1. The largest absolute Gasteiger partial charge is 0.368 e. The zero-order valence-corrected chi connectivity index (χ0v) is 17.2. The smallest absolute Gasteiger partial charge is 0.280 e. The van der Waals surface area contributed by atoms with E-state index in [0.717, 1.165) is 19.2 Å². The fourth-order valence-corrected chi connectivity index (χ4v) is 3.99. The summed E-state index contributed by atoms with van der Waals surface area (Å²) in [5.74, 6) is 0.262. The molecule has 0 atom stereocenters. The molecule has 3 heterocycles. The molecule has 31 heavy (non-hydrogen) atoms. The second-order valence-corrected chi connectivity index (χ2v) is 7.76. The number of H-pyrrole nitrogens is 1. The third-order valence-electron chi connectivity index (χ3n) is 5.76. The maximum Gasteiger partial charge on any atom is 0.280 e. The molecule has 1 aromatic carbocycles. The van der Waals surface area contributed by atoms with Gasteiger partial charge < -0.3 is 14.7 Å². The van der Waals surface area contributed by atoms with E-state index in [-0.39, 0.29) is 11.9 Å². The minimum absolute atomic E-state index is 0.104. The number of rotatable bonds is 5. The van der Waals surface area contributed by atoms with Crippen molar-refractivity contribution in [1.82, 2.24) is 19.8 Å². The first kappa shape index (κ1) is 21.2. The van der Waals surface area contributed by atoms with E-state index < -0.39 is 17.7 Å². The predicted octanol–water partition coefficient (Wildman–Crippen LogP) is 1.18. The highest BCUT2D eigenvalue weighted by Gasteiger charge is 2.26. The van der Waals surface area contributed by atoms with Crippen LogP contribution in [-0.4, -0.2) is 84.6 Å². The number of hydrogen-bond donors (Lipinski definition) is 1. The number of aromatic nitrogens is 2. The Bertz CT molecular complexity index is 938. The van der Waals surface area contributed by atoms with Crippen molar-refractivity contribution < 1.29 is 13.6 Å². The molecule has 0 aliphatic carbocycles. The van der Waals surface area contributed by atoms with Crippen LogP contribution in [-0.2, 0) is 4.79 Å². The number of para-hydroxylation sites is 1. The van der Waals surface area contributed by atoms with Gasteiger partial charge in [-0.25, -0.2) is 13.8 Å². The number of carbonyl (C=O) groups is 1. The maximum atomic E-state index is 12.9. The lowest BCUT2D eigenvalue weighted by molar-refractivity contribution is -0.132. The van der Waals surface area contributed by atoms with Crippen LogP contribution in [0.15, 0.2) is 41.2 Å². The summed E-state index contributed by atoms with van der Waals surface area (Å²) >= 11 is 0. The molecule has 4 rings (SSSR count). The monoisotopic (exact) mass is 432 g/mol. The van der Waals surface area contributed by atoms with Crippen LogP contribution in [0.5, 0.6) is 0 Å². The summed E-state index contributed by atoms with van der Waals surface area (Å²) in [7, 11) is 0. The molecule has 0 radical (unpaired) electrons. The van der Waals surface area contributed by atoms with Crippen molar-refractivity contribution in [3.05, 3.63) is 52.4 Å². The number of anilines is 2. The average Bonchev–Trinajstić information content (AvgIpc) is 2.80. The number of alkyl halides is 2. The van der Waals surface area contributed by atoms with Crippen molar-refractivity contribution in [2.24, 2.45) is 0 Å². The molecular weight excluding hydrogens is 406 g/mol. The van der Waals surface area contributed by atoms with Crippen LogP contribution in [0.2, 0.25) is 0 Å². The Balaban J connectivity index is 1.26. The quantitative estimate of drug-likeness (QED) is 0.765. The van der Waals surface area contributed by atoms with Gasteiger partial charge in [-0.05, 0) is 12.1 Å². The van der Waals surface area contributed by atoms with Crippen LogP contribution in [0, 0.1) is 0 Å². The van der Waals surface area contributed by atoms with Gasteiger partial charge in [0.2, 0.25) is 11.9 Å². The number of hydrogen-bond acceptors (Lipinski definition) is 6. The molecule has 0 spiro atoms. The number of nitrogens with zero attached hydrogens (tertiary/aromatic N) is 5. The second-order valence-electron chi connectivity index (χ2n) is 7.76. The van der Waals surface area contributed by atoms with Crippen molar-refractivity contribution in [2.75, 3.05) is 68.7 Å². The average molecular weight is 432 g/mol. The summed E-state index contributed by atoms with van der Waals surface area (Å²) in [5, 5.41) is 0. The Morgan fingerprint density at radius 2 is 1.61 bits per heavy atom. The maximum absolute atomic E-state index is 12.9. The third-order valence-corrected chi connectivity index (χ3v) is 5.76. The highest BCUT2D eigenvalue weighted by Crippen LogP contribution is 2.18. The van der Waals surface area contributed by atoms with Crippen LogP contribution >= 0.6 is 0 Å². The molecule has 2 saturated heterocycles. The van der Waals surface area contributed by atoms with Gasteiger partial charge in [-0.3, -0.25) is 19.5 Å². The summed E-state index contributed by atoms with van der Waals surface area (Å²) in [4.78, 5) is 38.8. The lowest BCUT2D eigenvalue weighted by Crippen LogP contribution is -2.54. The van der Waals surface area contributed by atoms with Crippen molar-refractivity contribution in [2.45, 2.75) is 6.43 Å². The Kier molecular flexibility index (Phi) is 6.45. The van der Waals surface area contributed by atoms with Crippen LogP contribution in [0.3, 0.4) is 0 Å². The van der Waals surface area contributed by atoms with Crippen LogP contribution in [0.1, 0.15) is 12.1 Å². The van der Waals surface area contributed by atoms with E-state index in [1.165, 1.54) is 5.69 Å². The molecule has 2 aliphatic heterocycles. The normalized spacial score (nSPS) is 18.0. The van der Waals surface area contributed by atoms with Gasteiger partial charge in [-0.15, -0.1) is 0 Å². The first-order chi connectivity index (χ1) is 15.0. The molecule has 166 valence electrons. The summed E-state index contributed by atoms with van der Waals surface area (Å²) in [6.45, 7) is 5.54. The third kappa shape index (κ3) is 5.19. The minimum atomic E-state index is -2.79. The first-order valence-corrected chi connectivity index (χ1v) is 10.4. The molecule has 1 aromatic heterocycles. The zero-order chi connectivity index (χ0) is 21.8. The number of piperazine rings is 2. The molecule has 0 unspecified atom stereocenters. The van der Waals surface area contributed by atoms with Crippen molar-refractivity contribution >= 4 is 17.5 Å². The van der Waals surface area contributed by atoms with Gasteiger partial charge in [-0.1, -0.05) is 18.2 Å². The fourth-order valence-electron chi connectivity index (χ4n) is 3.99.